The molecule has 1 saturated heterocycles. The van der Waals surface area contributed by atoms with Gasteiger partial charge in [0.15, 0.2) is 0 Å². The van der Waals surface area contributed by atoms with Crippen LogP contribution in [0.1, 0.15) is 12.1 Å². The normalized spacial score (nSPS) is 14.7. The van der Waals surface area contributed by atoms with Crippen LogP contribution in [0.2, 0.25) is 0 Å². The van der Waals surface area contributed by atoms with Gasteiger partial charge in [-0.1, -0.05) is 11.3 Å². The van der Waals surface area contributed by atoms with E-state index < -0.39 is 0 Å². The van der Waals surface area contributed by atoms with Crippen molar-refractivity contribution in [3.05, 3.63) is 46.9 Å². The molecular formula is C21H26N6O2S. The Morgan fingerprint density at radius 1 is 1.20 bits per heavy atom. The summed E-state index contributed by atoms with van der Waals surface area (Å²) in [5.41, 5.74) is 10.2. The molecule has 3 aromatic rings. The van der Waals surface area contributed by atoms with Crippen LogP contribution in [0, 0.1) is 0 Å². The Labute approximate surface area is 179 Å². The molecule has 0 atom stereocenters. The number of nitrogens with two attached hydrogens (primary N) is 1. The van der Waals surface area contributed by atoms with Crippen molar-refractivity contribution < 1.29 is 9.53 Å². The van der Waals surface area contributed by atoms with Crippen LogP contribution in [-0.4, -0.2) is 58.6 Å². The van der Waals surface area contributed by atoms with Gasteiger partial charge in [0.25, 0.3) is 0 Å². The van der Waals surface area contributed by atoms with Crippen LogP contribution in [0.3, 0.4) is 0 Å². The summed E-state index contributed by atoms with van der Waals surface area (Å²) < 4.78 is 7.20. The minimum absolute atomic E-state index is 0.0907. The topological polar surface area (TPSA) is 98.3 Å². The average Bonchev–Trinajstić information content (AvgIpc) is 3.45. The van der Waals surface area contributed by atoms with E-state index in [2.05, 4.69) is 25.9 Å². The summed E-state index contributed by atoms with van der Waals surface area (Å²) in [7, 11) is 0. The van der Waals surface area contributed by atoms with Gasteiger partial charge in [0.2, 0.25) is 5.91 Å². The smallest absolute Gasteiger partial charge is 0.224 e. The van der Waals surface area contributed by atoms with Crippen LogP contribution in [0.25, 0.3) is 11.1 Å². The second-order valence-electron chi connectivity index (χ2n) is 7.29. The summed E-state index contributed by atoms with van der Waals surface area (Å²) in [6.45, 7) is 5.20. The highest BCUT2D eigenvalue weighted by molar-refractivity contribution is 7.08. The lowest BCUT2D eigenvalue weighted by molar-refractivity contribution is -0.116. The zero-order valence-electron chi connectivity index (χ0n) is 16.8. The molecule has 1 aliphatic heterocycles. The zero-order chi connectivity index (χ0) is 20.8. The summed E-state index contributed by atoms with van der Waals surface area (Å²) in [6.07, 6.45) is 2.77. The summed E-state index contributed by atoms with van der Waals surface area (Å²) in [5, 5.41) is 15.4. The molecule has 0 spiro atoms. The van der Waals surface area contributed by atoms with Crippen molar-refractivity contribution in [2.45, 2.75) is 19.4 Å². The number of anilines is 2. The molecule has 3 heterocycles. The van der Waals surface area contributed by atoms with Gasteiger partial charge in [0, 0.05) is 38.7 Å². The number of carbonyl (C=O) groups is 1. The molecule has 0 radical (unpaired) electrons. The van der Waals surface area contributed by atoms with Gasteiger partial charge in [-0.3, -0.25) is 14.4 Å². The van der Waals surface area contributed by atoms with Gasteiger partial charge in [-0.05, 0) is 40.1 Å². The molecule has 1 aliphatic rings. The third-order valence-electron chi connectivity index (χ3n) is 5.13. The first kappa shape index (κ1) is 20.5. The summed E-state index contributed by atoms with van der Waals surface area (Å²) in [4.78, 5) is 14.8. The van der Waals surface area contributed by atoms with Gasteiger partial charge in [-0.25, -0.2) is 0 Å². The number of hydrogen-bond donors (Lipinski definition) is 2. The minimum atomic E-state index is -0.0907. The first-order valence-electron chi connectivity index (χ1n) is 10.1. The minimum Gasteiger partial charge on any atom is -0.397 e. The van der Waals surface area contributed by atoms with Gasteiger partial charge in [0.05, 0.1) is 36.8 Å². The molecule has 4 rings (SSSR count). The number of thiophene rings is 1. The second kappa shape index (κ2) is 9.84. The molecule has 9 heteroatoms. The second-order valence-corrected chi connectivity index (χ2v) is 8.07. The van der Waals surface area contributed by atoms with Gasteiger partial charge >= 0.3 is 0 Å². The lowest BCUT2D eigenvalue weighted by atomic mass is 10.1. The Morgan fingerprint density at radius 2 is 2.07 bits per heavy atom. The first-order valence-corrected chi connectivity index (χ1v) is 11.0. The fraction of sp³-hybridized carbons (Fsp3) is 0.381. The monoisotopic (exact) mass is 426 g/mol. The molecule has 1 fully saturated rings. The van der Waals surface area contributed by atoms with Gasteiger partial charge in [0.1, 0.15) is 0 Å². The number of nitrogens with one attached hydrogen (secondary N) is 1. The van der Waals surface area contributed by atoms with E-state index in [9.17, 15) is 4.79 Å². The molecule has 158 valence electrons. The number of benzene rings is 1. The summed E-state index contributed by atoms with van der Waals surface area (Å²) in [5.74, 6) is -0.0907. The Kier molecular flexibility index (Phi) is 6.73. The molecule has 0 unspecified atom stereocenters. The fourth-order valence-electron chi connectivity index (χ4n) is 3.36. The molecule has 2 aromatic heterocycles. The average molecular weight is 427 g/mol. The number of amides is 1. The van der Waals surface area contributed by atoms with Crippen molar-refractivity contribution in [3.8, 4) is 11.1 Å². The van der Waals surface area contributed by atoms with E-state index in [0.717, 1.165) is 56.2 Å². The zero-order valence-corrected chi connectivity index (χ0v) is 17.6. The Balaban J connectivity index is 1.27. The van der Waals surface area contributed by atoms with Crippen molar-refractivity contribution in [2.75, 3.05) is 43.9 Å². The number of nitrogens with zero attached hydrogens (tertiary/aromatic N) is 4. The van der Waals surface area contributed by atoms with Crippen LogP contribution in [-0.2, 0) is 22.5 Å². The summed E-state index contributed by atoms with van der Waals surface area (Å²) in [6, 6.07) is 7.74. The maximum Gasteiger partial charge on any atom is 0.224 e. The number of carbonyl (C=O) groups excluding carboxylic acids is 1. The van der Waals surface area contributed by atoms with Crippen molar-refractivity contribution in [2.24, 2.45) is 0 Å². The molecular weight excluding hydrogens is 400 g/mol. The van der Waals surface area contributed by atoms with Crippen molar-refractivity contribution >= 4 is 28.6 Å². The molecule has 1 aromatic carbocycles. The van der Waals surface area contributed by atoms with Crippen molar-refractivity contribution in [3.63, 3.8) is 0 Å². The van der Waals surface area contributed by atoms with E-state index >= 15 is 0 Å². The van der Waals surface area contributed by atoms with E-state index in [4.69, 9.17) is 10.5 Å². The van der Waals surface area contributed by atoms with Crippen LogP contribution in [0.5, 0.6) is 0 Å². The molecule has 0 aliphatic carbocycles. The maximum atomic E-state index is 12.4. The standard InChI is InChI=1S/C21H26N6O2S/c22-19-3-1-16(17-5-12-30-15-17)13-20(19)23-21(28)4-2-18-14-27(25-24-18)7-6-26-8-10-29-11-9-26/h1,3,5,12-15H,2,4,6-11,22H2,(H,23,28). The third kappa shape index (κ3) is 5.44. The Hall–Kier alpha value is -2.75. The predicted molar refractivity (Wildman–Crippen MR) is 118 cm³/mol. The highest BCUT2D eigenvalue weighted by atomic mass is 32.1. The first-order chi connectivity index (χ1) is 14.7. The SMILES string of the molecule is Nc1ccc(-c2ccsc2)cc1NC(=O)CCc1cn(CCN2CCOCC2)nn1. The Morgan fingerprint density at radius 3 is 2.87 bits per heavy atom. The highest BCUT2D eigenvalue weighted by Crippen LogP contribution is 2.28. The number of nitrogen functional groups attached to an aromatic ring is 1. The Bertz CT molecular complexity index is 966. The number of morpholine rings is 1. The van der Waals surface area contributed by atoms with E-state index in [-0.39, 0.29) is 5.91 Å². The van der Waals surface area contributed by atoms with E-state index in [1.807, 2.05) is 40.5 Å². The van der Waals surface area contributed by atoms with Crippen LogP contribution in [0.15, 0.2) is 41.2 Å². The van der Waals surface area contributed by atoms with Gasteiger partial charge in [-0.15, -0.1) is 5.10 Å². The number of aromatic nitrogens is 3. The quantitative estimate of drug-likeness (QED) is 0.537. The molecule has 0 bridgehead atoms. The van der Waals surface area contributed by atoms with Crippen LogP contribution >= 0.6 is 11.3 Å². The molecule has 8 nitrogen and oxygen atoms in total. The van der Waals surface area contributed by atoms with Gasteiger partial charge < -0.3 is 15.8 Å². The van der Waals surface area contributed by atoms with Crippen LogP contribution < -0.4 is 11.1 Å². The number of hydrogen-bond acceptors (Lipinski definition) is 7. The van der Waals surface area contributed by atoms with Crippen molar-refractivity contribution in [1.82, 2.24) is 19.9 Å². The third-order valence-corrected chi connectivity index (χ3v) is 5.81. The molecule has 3 N–H and O–H groups in total. The molecule has 1 amide bonds. The lowest BCUT2D eigenvalue weighted by Crippen LogP contribution is -2.38. The van der Waals surface area contributed by atoms with Gasteiger partial charge in [-0.2, -0.15) is 11.3 Å². The van der Waals surface area contributed by atoms with Crippen molar-refractivity contribution in [1.29, 1.82) is 0 Å². The predicted octanol–water partition coefficient (Wildman–Crippen LogP) is 2.49. The number of aryl methyl sites for hydroxylation is 1. The number of ether oxygens (including phenoxy) is 1. The lowest BCUT2D eigenvalue weighted by Gasteiger charge is -2.26. The number of rotatable bonds is 8. The molecule has 30 heavy (non-hydrogen) atoms. The molecule has 0 saturated carbocycles. The van der Waals surface area contributed by atoms with E-state index in [1.165, 1.54) is 0 Å². The van der Waals surface area contributed by atoms with E-state index in [0.29, 0.717) is 24.2 Å². The summed E-state index contributed by atoms with van der Waals surface area (Å²) >= 11 is 1.64. The van der Waals surface area contributed by atoms with Crippen LogP contribution in [0.4, 0.5) is 11.4 Å². The van der Waals surface area contributed by atoms with E-state index in [1.54, 1.807) is 11.3 Å². The largest absolute Gasteiger partial charge is 0.397 e. The highest BCUT2D eigenvalue weighted by Gasteiger charge is 2.12. The fourth-order valence-corrected chi connectivity index (χ4v) is 4.02. The maximum absolute atomic E-state index is 12.4.